The molecule has 0 bridgehead atoms. The number of halogens is 1. The zero-order valence-electron chi connectivity index (χ0n) is 11.8. The number of imidazole rings is 2. The van der Waals surface area contributed by atoms with Crippen molar-refractivity contribution in [2.24, 2.45) is 7.05 Å². The molecule has 22 heavy (non-hydrogen) atoms. The molecule has 0 aliphatic rings. The Morgan fingerprint density at radius 2 is 1.95 bits per heavy atom. The molecule has 0 aliphatic heterocycles. The van der Waals surface area contributed by atoms with Crippen LogP contribution < -0.4 is 5.56 Å². The Bertz CT molecular complexity index is 1040. The van der Waals surface area contributed by atoms with E-state index in [0.717, 1.165) is 9.26 Å². The van der Waals surface area contributed by atoms with Crippen molar-refractivity contribution >= 4 is 39.5 Å². The highest BCUT2D eigenvalue weighted by molar-refractivity contribution is 14.1. The first kappa shape index (κ1) is 13.5. The minimum Gasteiger partial charge on any atom is -0.320 e. The highest BCUT2D eigenvalue weighted by atomic mass is 127. The van der Waals surface area contributed by atoms with Crippen molar-refractivity contribution in [2.75, 3.05) is 0 Å². The Kier molecular flexibility index (Phi) is 3.03. The first-order valence-corrected chi connectivity index (χ1v) is 7.85. The van der Waals surface area contributed by atoms with Crippen LogP contribution in [0.5, 0.6) is 0 Å². The van der Waals surface area contributed by atoms with Gasteiger partial charge in [0, 0.05) is 13.6 Å². The molecule has 0 atom stereocenters. The third-order valence-electron chi connectivity index (χ3n) is 3.74. The van der Waals surface area contributed by atoms with Crippen molar-refractivity contribution < 1.29 is 0 Å². The molecule has 0 radical (unpaired) electrons. The molecule has 0 fully saturated rings. The maximum absolute atomic E-state index is 12.8. The Balaban J connectivity index is 2.02. The zero-order chi connectivity index (χ0) is 15.3. The van der Waals surface area contributed by atoms with E-state index in [2.05, 4.69) is 32.6 Å². The van der Waals surface area contributed by atoms with E-state index in [0.29, 0.717) is 23.5 Å². The second kappa shape index (κ2) is 4.94. The molecule has 7 heteroatoms. The quantitative estimate of drug-likeness (QED) is 0.480. The van der Waals surface area contributed by atoms with Crippen LogP contribution in [-0.2, 0) is 13.6 Å². The minimum atomic E-state index is -0.0848. The second-order valence-corrected chi connectivity index (χ2v) is 6.22. The van der Waals surface area contributed by atoms with E-state index in [1.165, 1.54) is 0 Å². The number of benzene rings is 1. The molecule has 4 rings (SSSR count). The first-order chi connectivity index (χ1) is 10.7. The van der Waals surface area contributed by atoms with E-state index < -0.39 is 0 Å². The fraction of sp³-hybridized carbons (Fsp3) is 0.133. The van der Waals surface area contributed by atoms with Crippen LogP contribution in [0.2, 0.25) is 0 Å². The van der Waals surface area contributed by atoms with Crippen LogP contribution in [0, 0.1) is 3.70 Å². The van der Waals surface area contributed by atoms with Gasteiger partial charge in [-0.1, -0.05) is 30.3 Å². The summed E-state index contributed by atoms with van der Waals surface area (Å²) in [6, 6.07) is 10.0. The van der Waals surface area contributed by atoms with Gasteiger partial charge in [0.1, 0.15) is 3.70 Å². The summed E-state index contributed by atoms with van der Waals surface area (Å²) in [5.41, 5.74) is 2.29. The van der Waals surface area contributed by atoms with Gasteiger partial charge in [0.2, 0.25) is 5.78 Å². The topological polar surface area (TPSA) is 57.1 Å². The van der Waals surface area contributed by atoms with Gasteiger partial charge in [-0.3, -0.25) is 9.36 Å². The summed E-state index contributed by atoms with van der Waals surface area (Å²) < 4.78 is 6.15. The molecule has 6 nitrogen and oxygen atoms in total. The van der Waals surface area contributed by atoms with Crippen molar-refractivity contribution in [3.8, 4) is 0 Å². The molecular weight excluding hydrogens is 393 g/mol. The lowest BCUT2D eigenvalue weighted by Gasteiger charge is -2.07. The Hall–Kier alpha value is -2.16. The predicted molar refractivity (Wildman–Crippen MR) is 92.0 cm³/mol. The van der Waals surface area contributed by atoms with Gasteiger partial charge in [-0.15, -0.1) is 0 Å². The predicted octanol–water partition coefficient (Wildman–Crippen LogP) is 2.04. The first-order valence-electron chi connectivity index (χ1n) is 6.77. The molecular formula is C15H12IN5O. The Morgan fingerprint density at radius 3 is 2.73 bits per heavy atom. The fourth-order valence-corrected chi connectivity index (χ4v) is 3.26. The largest absolute Gasteiger partial charge is 0.320 e. The van der Waals surface area contributed by atoms with Crippen molar-refractivity contribution in [1.82, 2.24) is 23.5 Å². The number of hydrogen-bond donors (Lipinski definition) is 0. The summed E-state index contributed by atoms with van der Waals surface area (Å²) in [6.45, 7) is 0.614. The summed E-state index contributed by atoms with van der Waals surface area (Å²) in [5, 5.41) is 0. The summed E-state index contributed by atoms with van der Waals surface area (Å²) in [4.78, 5) is 21.5. The van der Waals surface area contributed by atoms with Crippen molar-refractivity contribution in [3.63, 3.8) is 0 Å². The number of nitrogens with zero attached hydrogens (tertiary/aromatic N) is 5. The van der Waals surface area contributed by atoms with Crippen LogP contribution in [0.1, 0.15) is 5.56 Å². The van der Waals surface area contributed by atoms with Crippen LogP contribution in [0.3, 0.4) is 0 Å². The molecule has 3 aromatic heterocycles. The second-order valence-electron chi connectivity index (χ2n) is 5.11. The van der Waals surface area contributed by atoms with Gasteiger partial charge in [-0.25, -0.2) is 14.4 Å². The normalized spacial score (nSPS) is 11.5. The molecule has 0 unspecified atom stereocenters. The molecule has 0 amide bonds. The SMILES string of the molecule is Cn1c2ncn(Cc3ccccc3)c2c(=O)n2c(I)cnc12. The van der Waals surface area contributed by atoms with E-state index in [1.807, 2.05) is 46.5 Å². The molecule has 3 heterocycles. The highest BCUT2D eigenvalue weighted by Crippen LogP contribution is 2.15. The van der Waals surface area contributed by atoms with E-state index in [4.69, 9.17) is 0 Å². The molecule has 110 valence electrons. The molecule has 0 N–H and O–H groups in total. The van der Waals surface area contributed by atoms with Crippen molar-refractivity contribution in [1.29, 1.82) is 0 Å². The average Bonchev–Trinajstić information content (AvgIpc) is 3.11. The summed E-state index contributed by atoms with van der Waals surface area (Å²) >= 11 is 2.12. The molecule has 4 aromatic rings. The molecule has 0 spiro atoms. The van der Waals surface area contributed by atoms with E-state index in [1.54, 1.807) is 16.9 Å². The van der Waals surface area contributed by atoms with Crippen LogP contribution in [0.4, 0.5) is 0 Å². The van der Waals surface area contributed by atoms with Crippen LogP contribution >= 0.6 is 22.6 Å². The number of hydrogen-bond acceptors (Lipinski definition) is 3. The van der Waals surface area contributed by atoms with Gasteiger partial charge < -0.3 is 4.57 Å². The van der Waals surface area contributed by atoms with E-state index in [9.17, 15) is 4.79 Å². The third kappa shape index (κ3) is 1.88. The Morgan fingerprint density at radius 1 is 1.18 bits per heavy atom. The van der Waals surface area contributed by atoms with Gasteiger partial charge in [0.25, 0.3) is 5.56 Å². The van der Waals surface area contributed by atoms with Gasteiger partial charge >= 0.3 is 0 Å². The van der Waals surface area contributed by atoms with Crippen molar-refractivity contribution in [2.45, 2.75) is 6.54 Å². The van der Waals surface area contributed by atoms with E-state index in [-0.39, 0.29) is 5.56 Å². The third-order valence-corrected chi connectivity index (χ3v) is 4.50. The fourth-order valence-electron chi connectivity index (χ4n) is 2.68. The Labute approximate surface area is 139 Å². The van der Waals surface area contributed by atoms with Crippen molar-refractivity contribution in [3.05, 3.63) is 62.5 Å². The van der Waals surface area contributed by atoms with Crippen LogP contribution in [-0.4, -0.2) is 23.5 Å². The summed E-state index contributed by atoms with van der Waals surface area (Å²) in [7, 11) is 1.88. The standard InChI is InChI=1S/C15H12IN5O/c1-19-13-12(14(22)21-11(16)7-17-15(19)21)20(9-18-13)8-10-5-3-2-4-6-10/h2-7,9H,8H2,1H3. The number of aromatic nitrogens is 5. The maximum Gasteiger partial charge on any atom is 0.286 e. The van der Waals surface area contributed by atoms with Gasteiger partial charge in [-0.2, -0.15) is 0 Å². The number of aryl methyl sites for hydroxylation is 1. The van der Waals surface area contributed by atoms with Gasteiger partial charge in [0.15, 0.2) is 11.2 Å². The zero-order valence-corrected chi connectivity index (χ0v) is 13.9. The molecule has 1 aromatic carbocycles. The molecule has 0 saturated heterocycles. The lowest BCUT2D eigenvalue weighted by atomic mass is 10.2. The lowest BCUT2D eigenvalue weighted by Crippen LogP contribution is -2.21. The summed E-state index contributed by atoms with van der Waals surface area (Å²) in [5.74, 6) is 0.604. The van der Waals surface area contributed by atoms with Crippen LogP contribution in [0.25, 0.3) is 16.9 Å². The molecule has 0 saturated carbocycles. The van der Waals surface area contributed by atoms with E-state index >= 15 is 0 Å². The monoisotopic (exact) mass is 405 g/mol. The van der Waals surface area contributed by atoms with Gasteiger partial charge in [-0.05, 0) is 28.2 Å². The number of rotatable bonds is 2. The maximum atomic E-state index is 12.8. The highest BCUT2D eigenvalue weighted by Gasteiger charge is 2.16. The number of fused-ring (bicyclic) bond motifs is 2. The average molecular weight is 405 g/mol. The molecule has 0 aliphatic carbocycles. The minimum absolute atomic E-state index is 0.0848. The smallest absolute Gasteiger partial charge is 0.286 e. The summed E-state index contributed by atoms with van der Waals surface area (Å²) in [6.07, 6.45) is 3.41. The van der Waals surface area contributed by atoms with Crippen LogP contribution in [0.15, 0.2) is 47.7 Å². The van der Waals surface area contributed by atoms with Gasteiger partial charge in [0.05, 0.1) is 12.5 Å². The lowest BCUT2D eigenvalue weighted by molar-refractivity contribution is 0.814.